The number of aliphatic hydroxyl groups is 1. The SMILES string of the molecule is CC(C)C(O)CC(=O)Nc1ccc2oc(C(C)(C)C)nc2c1. The molecule has 2 N–H and O–H groups in total. The Morgan fingerprint density at radius 1 is 1.36 bits per heavy atom. The summed E-state index contributed by atoms with van der Waals surface area (Å²) in [6, 6.07) is 5.36. The molecule has 1 atom stereocenters. The summed E-state index contributed by atoms with van der Waals surface area (Å²) in [5.74, 6) is 0.513. The molecule has 0 aliphatic rings. The summed E-state index contributed by atoms with van der Waals surface area (Å²) in [5.41, 5.74) is 1.91. The normalized spacial score (nSPS) is 13.6. The lowest BCUT2D eigenvalue weighted by atomic mass is 9.97. The van der Waals surface area contributed by atoms with Crippen LogP contribution in [0.3, 0.4) is 0 Å². The van der Waals surface area contributed by atoms with Crippen molar-refractivity contribution in [3.05, 3.63) is 24.1 Å². The van der Waals surface area contributed by atoms with Gasteiger partial charge >= 0.3 is 0 Å². The standard InChI is InChI=1S/C17H24N2O3/c1-10(2)13(20)9-15(21)18-11-6-7-14-12(8-11)19-16(22-14)17(3,4)5/h6-8,10,13,20H,9H2,1-5H3,(H,18,21). The molecule has 0 aliphatic carbocycles. The predicted molar refractivity (Wildman–Crippen MR) is 86.8 cm³/mol. The quantitative estimate of drug-likeness (QED) is 0.907. The van der Waals surface area contributed by atoms with Crippen LogP contribution >= 0.6 is 0 Å². The molecular formula is C17H24N2O3. The van der Waals surface area contributed by atoms with E-state index in [4.69, 9.17) is 4.42 Å². The maximum Gasteiger partial charge on any atom is 0.226 e. The second-order valence-electron chi connectivity index (χ2n) is 7.02. The topological polar surface area (TPSA) is 75.4 Å². The highest BCUT2D eigenvalue weighted by molar-refractivity contribution is 5.93. The molecule has 0 fully saturated rings. The summed E-state index contributed by atoms with van der Waals surface area (Å²) >= 11 is 0. The van der Waals surface area contributed by atoms with Gasteiger partial charge in [0.05, 0.1) is 12.5 Å². The van der Waals surface area contributed by atoms with Crippen LogP contribution in [-0.2, 0) is 10.2 Å². The number of nitrogens with zero attached hydrogens (tertiary/aromatic N) is 1. The summed E-state index contributed by atoms with van der Waals surface area (Å²) in [7, 11) is 0. The molecule has 120 valence electrons. The van der Waals surface area contributed by atoms with Crippen molar-refractivity contribution in [2.24, 2.45) is 5.92 Å². The van der Waals surface area contributed by atoms with Crippen LogP contribution in [0.4, 0.5) is 5.69 Å². The fraction of sp³-hybridized carbons (Fsp3) is 0.529. The van der Waals surface area contributed by atoms with E-state index in [2.05, 4.69) is 10.3 Å². The van der Waals surface area contributed by atoms with Gasteiger partial charge in [0.15, 0.2) is 5.58 Å². The van der Waals surface area contributed by atoms with E-state index < -0.39 is 6.10 Å². The van der Waals surface area contributed by atoms with Crippen LogP contribution in [-0.4, -0.2) is 22.1 Å². The average Bonchev–Trinajstić information content (AvgIpc) is 2.81. The first kappa shape index (κ1) is 16.5. The minimum atomic E-state index is -0.636. The number of fused-ring (bicyclic) bond motifs is 1. The number of nitrogens with one attached hydrogen (secondary N) is 1. The van der Waals surface area contributed by atoms with E-state index in [-0.39, 0.29) is 23.7 Å². The third-order valence-electron chi connectivity index (χ3n) is 3.48. The molecule has 0 saturated carbocycles. The molecule has 5 heteroatoms. The van der Waals surface area contributed by atoms with Crippen molar-refractivity contribution in [3.63, 3.8) is 0 Å². The second kappa shape index (κ2) is 6.08. The zero-order valence-corrected chi connectivity index (χ0v) is 13.8. The molecule has 5 nitrogen and oxygen atoms in total. The maximum absolute atomic E-state index is 11.9. The number of rotatable bonds is 4. The van der Waals surface area contributed by atoms with E-state index in [1.807, 2.05) is 34.6 Å². The van der Waals surface area contributed by atoms with Crippen LogP contribution in [0.2, 0.25) is 0 Å². The van der Waals surface area contributed by atoms with Crippen molar-refractivity contribution in [3.8, 4) is 0 Å². The van der Waals surface area contributed by atoms with E-state index in [1.165, 1.54) is 0 Å². The van der Waals surface area contributed by atoms with Gasteiger partial charge in [0.1, 0.15) is 5.52 Å². The molecule has 0 spiro atoms. The molecule has 2 rings (SSSR count). The first-order valence-corrected chi connectivity index (χ1v) is 7.56. The van der Waals surface area contributed by atoms with E-state index >= 15 is 0 Å². The average molecular weight is 304 g/mol. The van der Waals surface area contributed by atoms with Gasteiger partial charge < -0.3 is 14.8 Å². The summed E-state index contributed by atoms with van der Waals surface area (Å²) in [4.78, 5) is 16.4. The molecule has 1 aromatic carbocycles. The fourth-order valence-corrected chi connectivity index (χ4v) is 1.96. The number of aromatic nitrogens is 1. The first-order valence-electron chi connectivity index (χ1n) is 7.56. The number of anilines is 1. The minimum absolute atomic E-state index is 0.0538. The number of oxazole rings is 1. The van der Waals surface area contributed by atoms with Gasteiger partial charge in [-0.15, -0.1) is 0 Å². The van der Waals surface area contributed by atoms with E-state index in [9.17, 15) is 9.90 Å². The Hall–Kier alpha value is -1.88. The Morgan fingerprint density at radius 2 is 2.05 bits per heavy atom. The molecule has 1 amide bonds. The highest BCUT2D eigenvalue weighted by Gasteiger charge is 2.21. The van der Waals surface area contributed by atoms with Gasteiger partial charge in [0, 0.05) is 11.1 Å². The number of carbonyl (C=O) groups excluding carboxylic acids is 1. The lowest BCUT2D eigenvalue weighted by Crippen LogP contribution is -2.23. The van der Waals surface area contributed by atoms with Crippen LogP contribution < -0.4 is 5.32 Å². The number of aliphatic hydroxyl groups excluding tert-OH is 1. The highest BCUT2D eigenvalue weighted by Crippen LogP contribution is 2.27. The number of amides is 1. The Kier molecular flexibility index (Phi) is 4.56. The Balaban J connectivity index is 2.14. The first-order chi connectivity index (χ1) is 10.2. The smallest absolute Gasteiger partial charge is 0.226 e. The molecule has 22 heavy (non-hydrogen) atoms. The van der Waals surface area contributed by atoms with E-state index in [1.54, 1.807) is 18.2 Å². The number of carbonyl (C=O) groups is 1. The highest BCUT2D eigenvalue weighted by atomic mass is 16.3. The molecule has 2 aromatic rings. The van der Waals surface area contributed by atoms with Gasteiger partial charge in [-0.25, -0.2) is 4.98 Å². The summed E-state index contributed by atoms with van der Waals surface area (Å²) in [6.07, 6.45) is -0.551. The molecule has 0 aliphatic heterocycles. The molecule has 1 aromatic heterocycles. The van der Waals surface area contributed by atoms with Crippen LogP contribution in [0.1, 0.15) is 46.9 Å². The van der Waals surface area contributed by atoms with E-state index in [0.717, 1.165) is 0 Å². The van der Waals surface area contributed by atoms with Crippen molar-refractivity contribution in [2.75, 3.05) is 5.32 Å². The van der Waals surface area contributed by atoms with Gasteiger partial charge in [0.2, 0.25) is 11.8 Å². The third-order valence-corrected chi connectivity index (χ3v) is 3.48. The van der Waals surface area contributed by atoms with Gasteiger partial charge in [-0.3, -0.25) is 4.79 Å². The number of benzene rings is 1. The molecule has 0 bridgehead atoms. The van der Waals surface area contributed by atoms with Crippen LogP contribution in [0, 0.1) is 5.92 Å². The Bertz CT molecular complexity index is 668. The number of hydrogen-bond acceptors (Lipinski definition) is 4. The van der Waals surface area contributed by atoms with E-state index in [0.29, 0.717) is 22.7 Å². The van der Waals surface area contributed by atoms with Crippen LogP contribution in [0.15, 0.2) is 22.6 Å². The molecule has 1 unspecified atom stereocenters. The van der Waals surface area contributed by atoms with Crippen LogP contribution in [0.5, 0.6) is 0 Å². The van der Waals surface area contributed by atoms with Gasteiger partial charge in [0.25, 0.3) is 0 Å². The molecule has 0 saturated heterocycles. The predicted octanol–water partition coefficient (Wildman–Crippen LogP) is 3.47. The molecular weight excluding hydrogens is 280 g/mol. The lowest BCUT2D eigenvalue weighted by Gasteiger charge is -2.13. The zero-order valence-electron chi connectivity index (χ0n) is 13.8. The summed E-state index contributed by atoms with van der Waals surface area (Å²) < 4.78 is 5.72. The third kappa shape index (κ3) is 3.85. The fourth-order valence-electron chi connectivity index (χ4n) is 1.96. The van der Waals surface area contributed by atoms with Crippen molar-refractivity contribution in [1.29, 1.82) is 0 Å². The molecule has 0 radical (unpaired) electrons. The Labute approximate surface area is 130 Å². The zero-order chi connectivity index (χ0) is 16.5. The van der Waals surface area contributed by atoms with Gasteiger partial charge in [-0.05, 0) is 24.1 Å². The Morgan fingerprint density at radius 3 is 2.64 bits per heavy atom. The summed E-state index contributed by atoms with van der Waals surface area (Å²) in [5, 5.41) is 12.5. The maximum atomic E-state index is 11.9. The van der Waals surface area contributed by atoms with Crippen molar-refractivity contribution < 1.29 is 14.3 Å². The lowest BCUT2D eigenvalue weighted by molar-refractivity contribution is -0.118. The largest absolute Gasteiger partial charge is 0.440 e. The van der Waals surface area contributed by atoms with Crippen LogP contribution in [0.25, 0.3) is 11.1 Å². The molecule has 1 heterocycles. The summed E-state index contributed by atoms with van der Waals surface area (Å²) in [6.45, 7) is 9.87. The monoisotopic (exact) mass is 304 g/mol. The number of hydrogen-bond donors (Lipinski definition) is 2. The van der Waals surface area contributed by atoms with Crippen molar-refractivity contribution in [2.45, 2.75) is 52.6 Å². The van der Waals surface area contributed by atoms with Crippen molar-refractivity contribution >= 4 is 22.7 Å². The van der Waals surface area contributed by atoms with Gasteiger partial charge in [-0.1, -0.05) is 34.6 Å². The second-order valence-corrected chi connectivity index (χ2v) is 7.02. The van der Waals surface area contributed by atoms with Gasteiger partial charge in [-0.2, -0.15) is 0 Å². The van der Waals surface area contributed by atoms with Crippen molar-refractivity contribution in [1.82, 2.24) is 4.98 Å². The minimum Gasteiger partial charge on any atom is -0.440 e.